The van der Waals surface area contributed by atoms with Crippen LogP contribution in [0.25, 0.3) is 10.2 Å². The highest BCUT2D eigenvalue weighted by Crippen LogP contribution is 2.33. The lowest BCUT2D eigenvalue weighted by Crippen LogP contribution is -2.25. The van der Waals surface area contributed by atoms with E-state index in [1.807, 2.05) is 6.92 Å². The van der Waals surface area contributed by atoms with Gasteiger partial charge in [-0.15, -0.1) is 11.3 Å². The van der Waals surface area contributed by atoms with E-state index in [1.54, 1.807) is 11.3 Å². The number of halogens is 1. The van der Waals surface area contributed by atoms with Gasteiger partial charge in [0.15, 0.2) is 0 Å². The van der Waals surface area contributed by atoms with Crippen molar-refractivity contribution >= 4 is 33.2 Å². The molecule has 0 unspecified atom stereocenters. The third-order valence-electron chi connectivity index (χ3n) is 2.78. The van der Waals surface area contributed by atoms with Crippen molar-refractivity contribution in [3.63, 3.8) is 0 Å². The molecule has 2 aromatic rings. The SMILES string of the molecule is Cc1cc2c(OC3CCC3)nc(Cl)nc2s1. The minimum absolute atomic E-state index is 0.267. The summed E-state index contributed by atoms with van der Waals surface area (Å²) in [6.45, 7) is 2.05. The molecule has 0 radical (unpaired) electrons. The van der Waals surface area contributed by atoms with Crippen molar-refractivity contribution in [2.45, 2.75) is 32.3 Å². The summed E-state index contributed by atoms with van der Waals surface area (Å²) in [6, 6.07) is 2.06. The Balaban J connectivity index is 2.05. The molecular weight excluding hydrogens is 244 g/mol. The van der Waals surface area contributed by atoms with Gasteiger partial charge in [-0.1, -0.05) is 0 Å². The van der Waals surface area contributed by atoms with Crippen LogP contribution in [0.2, 0.25) is 5.28 Å². The van der Waals surface area contributed by atoms with E-state index >= 15 is 0 Å². The topological polar surface area (TPSA) is 35.0 Å². The Morgan fingerprint density at radius 1 is 1.44 bits per heavy atom. The van der Waals surface area contributed by atoms with E-state index in [4.69, 9.17) is 16.3 Å². The first kappa shape index (κ1) is 10.3. The first-order chi connectivity index (χ1) is 7.72. The average Bonchev–Trinajstić information content (AvgIpc) is 2.51. The molecule has 0 aliphatic heterocycles. The van der Waals surface area contributed by atoms with Crippen molar-refractivity contribution in [1.29, 1.82) is 0 Å². The molecule has 0 aromatic carbocycles. The molecule has 2 heterocycles. The monoisotopic (exact) mass is 254 g/mol. The van der Waals surface area contributed by atoms with Crippen LogP contribution in [0.15, 0.2) is 6.07 Å². The highest BCUT2D eigenvalue weighted by molar-refractivity contribution is 7.18. The van der Waals surface area contributed by atoms with Crippen LogP contribution in [0, 0.1) is 6.92 Å². The summed E-state index contributed by atoms with van der Waals surface area (Å²) in [5, 5.41) is 1.25. The van der Waals surface area contributed by atoms with Crippen LogP contribution >= 0.6 is 22.9 Å². The third-order valence-corrected chi connectivity index (χ3v) is 3.90. The Kier molecular flexibility index (Phi) is 2.48. The van der Waals surface area contributed by atoms with Crippen molar-refractivity contribution in [2.24, 2.45) is 0 Å². The highest BCUT2D eigenvalue weighted by atomic mass is 35.5. The van der Waals surface area contributed by atoms with Crippen LogP contribution in [-0.4, -0.2) is 16.1 Å². The predicted molar refractivity (Wildman–Crippen MR) is 65.4 cm³/mol. The van der Waals surface area contributed by atoms with Crippen LogP contribution in [0.4, 0.5) is 0 Å². The minimum atomic E-state index is 0.267. The summed E-state index contributed by atoms with van der Waals surface area (Å²) in [5.74, 6) is 0.643. The molecule has 3 nitrogen and oxygen atoms in total. The van der Waals surface area contributed by atoms with E-state index in [9.17, 15) is 0 Å². The second kappa shape index (κ2) is 3.86. The van der Waals surface area contributed by atoms with E-state index in [2.05, 4.69) is 16.0 Å². The van der Waals surface area contributed by atoms with Gasteiger partial charge in [0.2, 0.25) is 11.2 Å². The van der Waals surface area contributed by atoms with Gasteiger partial charge in [-0.25, -0.2) is 4.98 Å². The molecule has 16 heavy (non-hydrogen) atoms. The molecular formula is C11H11ClN2OS. The molecule has 1 aliphatic rings. The van der Waals surface area contributed by atoms with E-state index in [0.717, 1.165) is 23.1 Å². The third kappa shape index (κ3) is 1.76. The number of thiophene rings is 1. The van der Waals surface area contributed by atoms with Gasteiger partial charge in [-0.2, -0.15) is 4.98 Å². The summed E-state index contributed by atoms with van der Waals surface area (Å²) in [7, 11) is 0. The van der Waals surface area contributed by atoms with Gasteiger partial charge in [0.25, 0.3) is 0 Å². The molecule has 84 valence electrons. The van der Waals surface area contributed by atoms with E-state index < -0.39 is 0 Å². The molecule has 1 aliphatic carbocycles. The fourth-order valence-electron chi connectivity index (χ4n) is 1.73. The second-order valence-electron chi connectivity index (χ2n) is 4.04. The molecule has 0 bridgehead atoms. The molecule has 1 saturated carbocycles. The van der Waals surface area contributed by atoms with Crippen molar-refractivity contribution in [1.82, 2.24) is 9.97 Å². The highest BCUT2D eigenvalue weighted by Gasteiger charge is 2.21. The van der Waals surface area contributed by atoms with Crippen molar-refractivity contribution in [3.05, 3.63) is 16.2 Å². The standard InChI is InChI=1S/C11H11ClN2OS/c1-6-5-8-9(15-7-3-2-4-7)13-11(12)14-10(8)16-6/h5,7H,2-4H2,1H3. The maximum Gasteiger partial charge on any atom is 0.227 e. The largest absolute Gasteiger partial charge is 0.474 e. The lowest BCUT2D eigenvalue weighted by molar-refractivity contribution is 0.116. The Morgan fingerprint density at radius 3 is 2.94 bits per heavy atom. The molecule has 0 saturated heterocycles. The van der Waals surface area contributed by atoms with Crippen LogP contribution in [0.5, 0.6) is 5.88 Å². The number of ether oxygens (including phenoxy) is 1. The maximum atomic E-state index is 5.88. The summed E-state index contributed by atoms with van der Waals surface area (Å²) in [6.07, 6.45) is 3.79. The van der Waals surface area contributed by atoms with Crippen molar-refractivity contribution < 1.29 is 4.74 Å². The van der Waals surface area contributed by atoms with E-state index in [-0.39, 0.29) is 5.28 Å². The number of fused-ring (bicyclic) bond motifs is 1. The van der Waals surface area contributed by atoms with Gasteiger partial charge < -0.3 is 4.74 Å². The van der Waals surface area contributed by atoms with Crippen LogP contribution in [-0.2, 0) is 0 Å². The number of rotatable bonds is 2. The molecule has 0 atom stereocenters. The summed E-state index contributed by atoms with van der Waals surface area (Å²) in [4.78, 5) is 10.5. The summed E-state index contributed by atoms with van der Waals surface area (Å²) in [5.41, 5.74) is 0. The van der Waals surface area contributed by atoms with Crippen LogP contribution in [0.3, 0.4) is 0 Å². The Labute approximate surface area is 102 Å². The fourth-order valence-corrected chi connectivity index (χ4v) is 2.81. The second-order valence-corrected chi connectivity index (χ2v) is 5.62. The zero-order valence-corrected chi connectivity index (χ0v) is 10.4. The van der Waals surface area contributed by atoms with Gasteiger partial charge in [-0.05, 0) is 43.9 Å². The fraction of sp³-hybridized carbons (Fsp3) is 0.455. The zero-order valence-electron chi connectivity index (χ0n) is 8.86. The molecule has 2 aromatic heterocycles. The molecule has 1 fully saturated rings. The number of hydrogen-bond acceptors (Lipinski definition) is 4. The molecule has 5 heteroatoms. The maximum absolute atomic E-state index is 5.88. The predicted octanol–water partition coefficient (Wildman–Crippen LogP) is 3.58. The lowest BCUT2D eigenvalue weighted by Gasteiger charge is -2.25. The number of aryl methyl sites for hydroxylation is 1. The molecule has 0 amide bonds. The Bertz CT molecular complexity index is 536. The first-order valence-corrected chi connectivity index (χ1v) is 6.52. The zero-order chi connectivity index (χ0) is 11.1. The Morgan fingerprint density at radius 2 is 2.25 bits per heavy atom. The van der Waals surface area contributed by atoms with Crippen LogP contribution in [0.1, 0.15) is 24.1 Å². The summed E-state index contributed by atoms with van der Waals surface area (Å²) >= 11 is 7.50. The number of nitrogens with zero attached hydrogens (tertiary/aromatic N) is 2. The number of aromatic nitrogens is 2. The van der Waals surface area contributed by atoms with Crippen molar-refractivity contribution in [2.75, 3.05) is 0 Å². The Hall–Kier alpha value is -0.870. The van der Waals surface area contributed by atoms with Gasteiger partial charge in [0, 0.05) is 4.88 Å². The molecule has 0 N–H and O–H groups in total. The normalized spacial score (nSPS) is 16.4. The van der Waals surface area contributed by atoms with E-state index in [0.29, 0.717) is 12.0 Å². The minimum Gasteiger partial charge on any atom is -0.474 e. The van der Waals surface area contributed by atoms with Crippen LogP contribution < -0.4 is 4.74 Å². The number of hydrogen-bond donors (Lipinski definition) is 0. The molecule has 0 spiro atoms. The summed E-state index contributed by atoms with van der Waals surface area (Å²) < 4.78 is 5.83. The van der Waals surface area contributed by atoms with Gasteiger partial charge in [0.05, 0.1) is 5.39 Å². The lowest BCUT2D eigenvalue weighted by atomic mass is 9.96. The van der Waals surface area contributed by atoms with Gasteiger partial charge in [0.1, 0.15) is 10.9 Å². The van der Waals surface area contributed by atoms with Gasteiger partial charge >= 0.3 is 0 Å². The van der Waals surface area contributed by atoms with Gasteiger partial charge in [-0.3, -0.25) is 0 Å². The average molecular weight is 255 g/mol. The molecule has 3 rings (SSSR count). The first-order valence-electron chi connectivity index (χ1n) is 5.33. The van der Waals surface area contributed by atoms with E-state index in [1.165, 1.54) is 11.3 Å². The smallest absolute Gasteiger partial charge is 0.227 e. The van der Waals surface area contributed by atoms with Crippen molar-refractivity contribution in [3.8, 4) is 5.88 Å². The quantitative estimate of drug-likeness (QED) is 0.769.